The van der Waals surface area contributed by atoms with Crippen LogP contribution in [0, 0.1) is 11.3 Å². The maximum atomic E-state index is 8.83. The minimum absolute atomic E-state index is 0.0388. The van der Waals surface area contributed by atoms with Crippen LogP contribution in [0.1, 0.15) is 12.5 Å². The molecule has 1 aliphatic heterocycles. The first-order chi connectivity index (χ1) is 7.60. The first-order valence-electron chi connectivity index (χ1n) is 5.08. The van der Waals surface area contributed by atoms with Crippen molar-refractivity contribution in [2.75, 3.05) is 24.2 Å². The average molecular weight is 253 g/mol. The molecule has 1 unspecified atom stereocenters. The van der Waals surface area contributed by atoms with Gasteiger partial charge in [-0.15, -0.1) is 0 Å². The van der Waals surface area contributed by atoms with Crippen LogP contribution in [0.25, 0.3) is 0 Å². The fourth-order valence-corrected chi connectivity index (χ4v) is 2.98. The Kier molecular flexibility index (Phi) is 3.05. The molecule has 0 aliphatic carbocycles. The molecular weight excluding hydrogens is 240 g/mol. The number of thioether (sulfide) groups is 1. The summed E-state index contributed by atoms with van der Waals surface area (Å²) >= 11 is 7.85. The molecule has 0 aromatic heterocycles. The number of nitriles is 1. The number of halogens is 1. The summed E-state index contributed by atoms with van der Waals surface area (Å²) in [6.07, 6.45) is 2.10. The van der Waals surface area contributed by atoms with E-state index in [4.69, 9.17) is 16.9 Å². The second-order valence-electron chi connectivity index (χ2n) is 4.11. The summed E-state index contributed by atoms with van der Waals surface area (Å²) in [7, 11) is 0. The second-order valence-corrected chi connectivity index (χ2v) is 5.86. The van der Waals surface area contributed by atoms with Crippen LogP contribution in [0.3, 0.4) is 0 Å². The van der Waals surface area contributed by atoms with Gasteiger partial charge in [0.25, 0.3) is 0 Å². The largest absolute Gasteiger partial charge is 0.356 e. The fourth-order valence-electron chi connectivity index (χ4n) is 2.14. The SMILES string of the molecule is CSC1(C)CN(CC#N)c2ccc(Cl)cc21. The third-order valence-electron chi connectivity index (χ3n) is 3.07. The van der Waals surface area contributed by atoms with E-state index in [0.29, 0.717) is 6.54 Å². The highest BCUT2D eigenvalue weighted by Gasteiger charge is 2.38. The summed E-state index contributed by atoms with van der Waals surface area (Å²) in [5.41, 5.74) is 2.38. The summed E-state index contributed by atoms with van der Waals surface area (Å²) in [5.74, 6) is 0. The van der Waals surface area contributed by atoms with Gasteiger partial charge in [-0.1, -0.05) is 11.6 Å². The van der Waals surface area contributed by atoms with E-state index in [9.17, 15) is 0 Å². The number of hydrogen-bond donors (Lipinski definition) is 0. The molecule has 0 fully saturated rings. The predicted molar refractivity (Wildman–Crippen MR) is 70.1 cm³/mol. The van der Waals surface area contributed by atoms with E-state index in [1.165, 1.54) is 5.56 Å². The lowest BCUT2D eigenvalue weighted by molar-refractivity contribution is 0.719. The number of hydrogen-bond acceptors (Lipinski definition) is 3. The summed E-state index contributed by atoms with van der Waals surface area (Å²) in [4.78, 5) is 2.11. The molecule has 2 nitrogen and oxygen atoms in total. The topological polar surface area (TPSA) is 27.0 Å². The molecule has 1 aromatic rings. The van der Waals surface area contributed by atoms with Gasteiger partial charge in [0.15, 0.2) is 0 Å². The lowest BCUT2D eigenvalue weighted by Crippen LogP contribution is -2.28. The van der Waals surface area contributed by atoms with Gasteiger partial charge in [0.05, 0.1) is 10.8 Å². The van der Waals surface area contributed by atoms with Gasteiger partial charge in [-0.3, -0.25) is 0 Å². The Morgan fingerprint density at radius 3 is 3.00 bits per heavy atom. The maximum absolute atomic E-state index is 8.83. The molecule has 1 atom stereocenters. The number of rotatable bonds is 2. The first kappa shape index (κ1) is 11.6. The van der Waals surface area contributed by atoms with Gasteiger partial charge in [-0.25, -0.2) is 0 Å². The zero-order valence-corrected chi connectivity index (χ0v) is 10.9. The van der Waals surface area contributed by atoms with Crippen LogP contribution < -0.4 is 4.90 Å². The highest BCUT2D eigenvalue weighted by Crippen LogP contribution is 2.47. The number of nitrogens with zero attached hydrogens (tertiary/aromatic N) is 2. The normalized spacial score (nSPS) is 23.0. The van der Waals surface area contributed by atoms with E-state index in [1.807, 2.05) is 18.2 Å². The van der Waals surface area contributed by atoms with E-state index < -0.39 is 0 Å². The Morgan fingerprint density at radius 1 is 1.62 bits per heavy atom. The molecule has 0 radical (unpaired) electrons. The smallest absolute Gasteiger partial charge is 0.105 e. The summed E-state index contributed by atoms with van der Waals surface area (Å²) in [5, 5.41) is 9.59. The van der Waals surface area contributed by atoms with Crippen molar-refractivity contribution in [1.82, 2.24) is 0 Å². The van der Waals surface area contributed by atoms with Crippen molar-refractivity contribution in [3.05, 3.63) is 28.8 Å². The van der Waals surface area contributed by atoms with E-state index in [-0.39, 0.29) is 4.75 Å². The van der Waals surface area contributed by atoms with E-state index in [1.54, 1.807) is 11.8 Å². The van der Waals surface area contributed by atoms with Crippen molar-refractivity contribution in [1.29, 1.82) is 5.26 Å². The quantitative estimate of drug-likeness (QED) is 0.756. The molecule has 0 saturated heterocycles. The molecular formula is C12H13ClN2S. The molecule has 16 heavy (non-hydrogen) atoms. The molecule has 0 amide bonds. The predicted octanol–water partition coefficient (Wildman–Crippen LogP) is 3.26. The van der Waals surface area contributed by atoms with Crippen molar-refractivity contribution in [3.63, 3.8) is 0 Å². The standard InChI is InChI=1S/C12H13ClN2S/c1-12(16-2)8-15(6-5-14)11-4-3-9(13)7-10(11)12/h3-4,7H,6,8H2,1-2H3. The Hall–Kier alpha value is -0.850. The van der Waals surface area contributed by atoms with Gasteiger partial charge in [-0.2, -0.15) is 17.0 Å². The van der Waals surface area contributed by atoms with Gasteiger partial charge < -0.3 is 4.90 Å². The summed E-state index contributed by atoms with van der Waals surface area (Å²) in [6.45, 7) is 3.51. The Morgan fingerprint density at radius 2 is 2.38 bits per heavy atom. The Labute approximate surface area is 105 Å². The van der Waals surface area contributed by atoms with Crippen molar-refractivity contribution in [3.8, 4) is 6.07 Å². The number of benzene rings is 1. The molecule has 0 N–H and O–H groups in total. The van der Waals surface area contributed by atoms with E-state index >= 15 is 0 Å². The van der Waals surface area contributed by atoms with Crippen molar-refractivity contribution in [2.45, 2.75) is 11.7 Å². The lowest BCUT2D eigenvalue weighted by Gasteiger charge is -2.22. The van der Waals surface area contributed by atoms with Crippen LogP contribution >= 0.6 is 23.4 Å². The summed E-state index contributed by atoms with van der Waals surface area (Å²) < 4.78 is 0.0388. The monoisotopic (exact) mass is 252 g/mol. The van der Waals surface area contributed by atoms with Gasteiger partial charge >= 0.3 is 0 Å². The van der Waals surface area contributed by atoms with Gasteiger partial charge in [-0.05, 0) is 36.9 Å². The molecule has 1 aliphatic rings. The van der Waals surface area contributed by atoms with Gasteiger partial charge in [0, 0.05) is 17.3 Å². The number of fused-ring (bicyclic) bond motifs is 1. The zero-order chi connectivity index (χ0) is 11.8. The molecule has 84 valence electrons. The zero-order valence-electron chi connectivity index (χ0n) is 9.33. The molecule has 0 spiro atoms. The van der Waals surface area contributed by atoms with Crippen molar-refractivity contribution in [2.24, 2.45) is 0 Å². The van der Waals surface area contributed by atoms with Crippen LogP contribution in [0.15, 0.2) is 18.2 Å². The fraction of sp³-hybridized carbons (Fsp3) is 0.417. The van der Waals surface area contributed by atoms with Crippen molar-refractivity contribution < 1.29 is 0 Å². The second kappa shape index (κ2) is 4.20. The molecule has 0 bridgehead atoms. The van der Waals surface area contributed by atoms with Crippen LogP contribution in [-0.2, 0) is 4.75 Å². The van der Waals surface area contributed by atoms with Crippen molar-refractivity contribution >= 4 is 29.1 Å². The molecule has 4 heteroatoms. The van der Waals surface area contributed by atoms with Crippen LogP contribution in [-0.4, -0.2) is 19.3 Å². The third kappa shape index (κ3) is 1.77. The Bertz CT molecular complexity index is 455. The minimum Gasteiger partial charge on any atom is -0.356 e. The van der Waals surface area contributed by atoms with Crippen LogP contribution in [0.4, 0.5) is 5.69 Å². The first-order valence-corrected chi connectivity index (χ1v) is 6.68. The van der Waals surface area contributed by atoms with Crippen LogP contribution in [0.2, 0.25) is 5.02 Å². The lowest BCUT2D eigenvalue weighted by atomic mass is 10.0. The third-order valence-corrected chi connectivity index (χ3v) is 4.56. The van der Waals surface area contributed by atoms with E-state index in [2.05, 4.69) is 24.1 Å². The number of anilines is 1. The highest BCUT2D eigenvalue weighted by atomic mass is 35.5. The van der Waals surface area contributed by atoms with Gasteiger partial charge in [0.2, 0.25) is 0 Å². The maximum Gasteiger partial charge on any atom is 0.105 e. The highest BCUT2D eigenvalue weighted by molar-refractivity contribution is 7.99. The molecule has 1 heterocycles. The van der Waals surface area contributed by atoms with Crippen LogP contribution in [0.5, 0.6) is 0 Å². The molecule has 1 aromatic carbocycles. The summed E-state index contributed by atoms with van der Waals surface area (Å²) in [6, 6.07) is 8.13. The van der Waals surface area contributed by atoms with E-state index in [0.717, 1.165) is 17.3 Å². The minimum atomic E-state index is 0.0388. The Balaban J connectivity index is 2.49. The average Bonchev–Trinajstić information content (AvgIpc) is 2.54. The van der Waals surface area contributed by atoms with Gasteiger partial charge in [0.1, 0.15) is 6.54 Å². The molecule has 2 rings (SSSR count). The molecule has 0 saturated carbocycles.